The van der Waals surface area contributed by atoms with E-state index in [0.29, 0.717) is 24.9 Å². The molecule has 8 heteroatoms. The van der Waals surface area contributed by atoms with Gasteiger partial charge in [-0.1, -0.05) is 12.1 Å². The fourth-order valence-corrected chi connectivity index (χ4v) is 2.28. The molecule has 1 aliphatic heterocycles. The van der Waals surface area contributed by atoms with Gasteiger partial charge in [0, 0.05) is 25.2 Å². The number of hydrogen-bond donors (Lipinski definition) is 2. The summed E-state index contributed by atoms with van der Waals surface area (Å²) >= 11 is 0. The van der Waals surface area contributed by atoms with Gasteiger partial charge >= 0.3 is 12.0 Å². The van der Waals surface area contributed by atoms with E-state index in [9.17, 15) is 19.7 Å². The predicted octanol–water partition coefficient (Wildman–Crippen LogP) is 1.35. The number of non-ortho nitro benzene ring substituents is 1. The molecule has 0 spiro atoms. The molecule has 0 aliphatic carbocycles. The van der Waals surface area contributed by atoms with Crippen molar-refractivity contribution in [2.75, 3.05) is 6.54 Å². The predicted molar refractivity (Wildman–Crippen MR) is 72.7 cm³/mol. The fourth-order valence-electron chi connectivity index (χ4n) is 2.28. The van der Waals surface area contributed by atoms with Crippen LogP contribution in [0.25, 0.3) is 0 Å². The second kappa shape index (κ2) is 6.21. The van der Waals surface area contributed by atoms with Gasteiger partial charge in [-0.05, 0) is 18.4 Å². The number of rotatable bonds is 4. The van der Waals surface area contributed by atoms with Gasteiger partial charge in [-0.25, -0.2) is 9.59 Å². The molecule has 8 nitrogen and oxygen atoms in total. The van der Waals surface area contributed by atoms with Gasteiger partial charge in [0.1, 0.15) is 6.04 Å². The Balaban J connectivity index is 1.91. The highest BCUT2D eigenvalue weighted by Gasteiger charge is 2.33. The third kappa shape index (κ3) is 3.47. The SMILES string of the molecule is O=C(O)[C@H]1CCCN1C(=O)NCc1ccc([N+](=O)[O-])cc1. The third-order valence-corrected chi connectivity index (χ3v) is 3.39. The van der Waals surface area contributed by atoms with E-state index in [-0.39, 0.29) is 12.2 Å². The van der Waals surface area contributed by atoms with Crippen LogP contribution in [0.4, 0.5) is 10.5 Å². The topological polar surface area (TPSA) is 113 Å². The van der Waals surface area contributed by atoms with E-state index >= 15 is 0 Å². The van der Waals surface area contributed by atoms with Gasteiger partial charge in [-0.15, -0.1) is 0 Å². The summed E-state index contributed by atoms with van der Waals surface area (Å²) in [4.78, 5) is 34.3. The summed E-state index contributed by atoms with van der Waals surface area (Å²) in [5.74, 6) is -1.00. The van der Waals surface area contributed by atoms with E-state index in [4.69, 9.17) is 5.11 Å². The number of hydrogen-bond acceptors (Lipinski definition) is 4. The molecule has 1 aromatic rings. The molecule has 1 atom stereocenters. The van der Waals surface area contributed by atoms with E-state index in [0.717, 1.165) is 0 Å². The Kier molecular flexibility index (Phi) is 4.36. The molecule has 1 heterocycles. The summed E-state index contributed by atoms with van der Waals surface area (Å²) in [5.41, 5.74) is 0.690. The summed E-state index contributed by atoms with van der Waals surface area (Å²) < 4.78 is 0. The van der Waals surface area contributed by atoms with Crippen molar-refractivity contribution in [1.82, 2.24) is 10.2 Å². The summed E-state index contributed by atoms with van der Waals surface area (Å²) in [6.07, 6.45) is 1.13. The number of nitrogens with one attached hydrogen (secondary N) is 1. The van der Waals surface area contributed by atoms with Crippen molar-refractivity contribution in [1.29, 1.82) is 0 Å². The number of carboxylic acids is 1. The zero-order chi connectivity index (χ0) is 15.4. The lowest BCUT2D eigenvalue weighted by atomic mass is 10.2. The van der Waals surface area contributed by atoms with Crippen LogP contribution in [0.15, 0.2) is 24.3 Å². The maximum Gasteiger partial charge on any atom is 0.326 e. The van der Waals surface area contributed by atoms with Gasteiger partial charge in [0.05, 0.1) is 4.92 Å². The minimum Gasteiger partial charge on any atom is -0.480 e. The monoisotopic (exact) mass is 293 g/mol. The minimum absolute atomic E-state index is 0.0180. The average molecular weight is 293 g/mol. The van der Waals surface area contributed by atoms with Crippen molar-refractivity contribution in [3.05, 3.63) is 39.9 Å². The Morgan fingerprint density at radius 1 is 1.38 bits per heavy atom. The van der Waals surface area contributed by atoms with Crippen LogP contribution in [-0.4, -0.2) is 39.5 Å². The highest BCUT2D eigenvalue weighted by molar-refractivity contribution is 5.83. The van der Waals surface area contributed by atoms with Crippen molar-refractivity contribution < 1.29 is 19.6 Å². The molecule has 2 amide bonds. The molecular formula is C13H15N3O5. The molecule has 0 unspecified atom stereocenters. The van der Waals surface area contributed by atoms with Crippen molar-refractivity contribution in [3.8, 4) is 0 Å². The summed E-state index contributed by atoms with van der Waals surface area (Å²) in [7, 11) is 0. The minimum atomic E-state index is -1.00. The first kappa shape index (κ1) is 14.8. The maximum absolute atomic E-state index is 12.0. The standard InChI is InChI=1S/C13H15N3O5/c17-12(18)11-2-1-7-15(11)13(19)14-8-9-3-5-10(6-4-9)16(20)21/h3-6,11H,1-2,7-8H2,(H,14,19)(H,17,18)/t11-/m1/s1. The number of amides is 2. The Labute approximate surface area is 120 Å². The quantitative estimate of drug-likeness (QED) is 0.642. The molecule has 1 aliphatic rings. The molecule has 2 rings (SSSR count). The van der Waals surface area contributed by atoms with E-state index in [1.54, 1.807) is 12.1 Å². The molecule has 21 heavy (non-hydrogen) atoms. The number of nitro benzene ring substituents is 1. The van der Waals surface area contributed by atoms with E-state index in [1.165, 1.54) is 17.0 Å². The molecule has 0 aromatic heterocycles. The van der Waals surface area contributed by atoms with Crippen LogP contribution in [0.1, 0.15) is 18.4 Å². The summed E-state index contributed by atoms with van der Waals surface area (Å²) in [6.45, 7) is 0.614. The largest absolute Gasteiger partial charge is 0.480 e. The average Bonchev–Trinajstić information content (AvgIpc) is 2.95. The van der Waals surface area contributed by atoms with Gasteiger partial charge in [0.25, 0.3) is 5.69 Å². The number of aliphatic carboxylic acids is 1. The van der Waals surface area contributed by atoms with Gasteiger partial charge in [0.2, 0.25) is 0 Å². The van der Waals surface area contributed by atoms with Gasteiger partial charge in [0.15, 0.2) is 0 Å². The van der Waals surface area contributed by atoms with E-state index in [2.05, 4.69) is 5.32 Å². The van der Waals surface area contributed by atoms with Crippen LogP contribution in [0.2, 0.25) is 0 Å². The third-order valence-electron chi connectivity index (χ3n) is 3.39. The number of carbonyl (C=O) groups is 2. The van der Waals surface area contributed by atoms with Crippen molar-refractivity contribution >= 4 is 17.7 Å². The molecular weight excluding hydrogens is 278 g/mol. The second-order valence-corrected chi connectivity index (χ2v) is 4.77. The number of urea groups is 1. The number of carboxylic acid groups (broad SMARTS) is 1. The Morgan fingerprint density at radius 2 is 2.05 bits per heavy atom. The summed E-state index contributed by atoms with van der Waals surface area (Å²) in [6, 6.07) is 4.61. The van der Waals surface area contributed by atoms with Crippen LogP contribution in [0.3, 0.4) is 0 Å². The molecule has 112 valence electrons. The highest BCUT2D eigenvalue weighted by atomic mass is 16.6. The molecule has 1 saturated heterocycles. The zero-order valence-corrected chi connectivity index (χ0v) is 11.2. The van der Waals surface area contributed by atoms with Gasteiger partial charge < -0.3 is 15.3 Å². The van der Waals surface area contributed by atoms with Crippen LogP contribution in [-0.2, 0) is 11.3 Å². The van der Waals surface area contributed by atoms with E-state index in [1.807, 2.05) is 0 Å². The van der Waals surface area contributed by atoms with Crippen LogP contribution >= 0.6 is 0 Å². The molecule has 0 radical (unpaired) electrons. The number of likely N-dealkylation sites (tertiary alicyclic amines) is 1. The first-order chi connectivity index (χ1) is 9.99. The maximum atomic E-state index is 12.0. The van der Waals surface area contributed by atoms with Gasteiger partial charge in [-0.2, -0.15) is 0 Å². The molecule has 1 fully saturated rings. The number of carbonyl (C=O) groups excluding carboxylic acids is 1. The van der Waals surface area contributed by atoms with Crippen LogP contribution in [0, 0.1) is 10.1 Å². The van der Waals surface area contributed by atoms with Gasteiger partial charge in [-0.3, -0.25) is 10.1 Å². The Bertz CT molecular complexity index is 557. The smallest absolute Gasteiger partial charge is 0.326 e. The van der Waals surface area contributed by atoms with Crippen LogP contribution < -0.4 is 5.32 Å². The second-order valence-electron chi connectivity index (χ2n) is 4.77. The molecule has 2 N–H and O–H groups in total. The normalized spacial score (nSPS) is 17.5. The van der Waals surface area contributed by atoms with E-state index < -0.39 is 23.0 Å². The molecule has 0 bridgehead atoms. The molecule has 0 saturated carbocycles. The van der Waals surface area contributed by atoms with Crippen molar-refractivity contribution in [2.24, 2.45) is 0 Å². The van der Waals surface area contributed by atoms with Crippen LogP contribution in [0.5, 0.6) is 0 Å². The van der Waals surface area contributed by atoms with Crippen molar-refractivity contribution in [3.63, 3.8) is 0 Å². The zero-order valence-electron chi connectivity index (χ0n) is 11.2. The lowest BCUT2D eigenvalue weighted by Gasteiger charge is -2.21. The lowest BCUT2D eigenvalue weighted by molar-refractivity contribution is -0.384. The number of nitro groups is 1. The first-order valence-electron chi connectivity index (χ1n) is 6.49. The number of benzene rings is 1. The molecule has 1 aromatic carbocycles. The lowest BCUT2D eigenvalue weighted by Crippen LogP contribution is -2.45. The fraction of sp³-hybridized carbons (Fsp3) is 0.385. The number of nitrogens with zero attached hydrogens (tertiary/aromatic N) is 2. The highest BCUT2D eigenvalue weighted by Crippen LogP contribution is 2.17. The first-order valence-corrected chi connectivity index (χ1v) is 6.49. The Hall–Kier alpha value is -2.64. The summed E-state index contributed by atoms with van der Waals surface area (Å²) in [5, 5.41) is 22.2. The Morgan fingerprint density at radius 3 is 2.62 bits per heavy atom. The van der Waals surface area contributed by atoms with Crippen molar-refractivity contribution in [2.45, 2.75) is 25.4 Å².